The lowest BCUT2D eigenvalue weighted by molar-refractivity contribution is 0.414. The van der Waals surface area contributed by atoms with E-state index >= 15 is 0 Å². The monoisotopic (exact) mass is 382 g/mol. The SMILES string of the molecule is COc1cc(Br)c(S(=O)(=O)NC2CCNCC2)cc1Cl. The molecule has 5 nitrogen and oxygen atoms in total. The maximum atomic E-state index is 12.4. The first-order valence-corrected chi connectivity index (χ1v) is 8.85. The maximum Gasteiger partial charge on any atom is 0.241 e. The van der Waals surface area contributed by atoms with E-state index in [1.165, 1.54) is 13.2 Å². The Balaban J connectivity index is 2.26. The van der Waals surface area contributed by atoms with Gasteiger partial charge in [-0.15, -0.1) is 0 Å². The summed E-state index contributed by atoms with van der Waals surface area (Å²) < 4.78 is 33.0. The van der Waals surface area contributed by atoms with E-state index < -0.39 is 10.0 Å². The lowest BCUT2D eigenvalue weighted by Crippen LogP contribution is -2.42. The summed E-state index contributed by atoms with van der Waals surface area (Å²) in [6.07, 6.45) is 1.56. The Bertz CT molecular complexity index is 589. The highest BCUT2D eigenvalue weighted by Gasteiger charge is 2.24. The van der Waals surface area contributed by atoms with Gasteiger partial charge in [-0.1, -0.05) is 11.6 Å². The van der Waals surface area contributed by atoms with Gasteiger partial charge in [-0.25, -0.2) is 13.1 Å². The van der Waals surface area contributed by atoms with Gasteiger partial charge in [0.2, 0.25) is 10.0 Å². The zero-order valence-corrected chi connectivity index (χ0v) is 14.1. The second-order valence-corrected chi connectivity index (χ2v) is 7.51. The third-order valence-electron chi connectivity index (χ3n) is 3.16. The van der Waals surface area contributed by atoms with E-state index in [2.05, 4.69) is 26.0 Å². The van der Waals surface area contributed by atoms with Gasteiger partial charge in [-0.3, -0.25) is 0 Å². The summed E-state index contributed by atoms with van der Waals surface area (Å²) in [6.45, 7) is 1.63. The lowest BCUT2D eigenvalue weighted by Gasteiger charge is -2.23. The molecular weight excluding hydrogens is 368 g/mol. The molecule has 1 aliphatic rings. The molecule has 0 aliphatic carbocycles. The summed E-state index contributed by atoms with van der Waals surface area (Å²) in [5, 5.41) is 3.46. The molecule has 0 unspecified atom stereocenters. The largest absolute Gasteiger partial charge is 0.495 e. The molecule has 1 aliphatic heterocycles. The molecule has 0 spiro atoms. The Labute approximate surface area is 132 Å². The third-order valence-corrected chi connectivity index (χ3v) is 5.93. The molecule has 1 saturated heterocycles. The summed E-state index contributed by atoms with van der Waals surface area (Å²) in [7, 11) is -2.12. The van der Waals surface area contributed by atoms with Gasteiger partial charge >= 0.3 is 0 Å². The number of methoxy groups -OCH3 is 1. The summed E-state index contributed by atoms with van der Waals surface area (Å²) >= 11 is 9.25. The van der Waals surface area contributed by atoms with Crippen LogP contribution in [0.3, 0.4) is 0 Å². The number of piperidine rings is 1. The van der Waals surface area contributed by atoms with Crippen LogP contribution in [-0.2, 0) is 10.0 Å². The van der Waals surface area contributed by atoms with Crippen LogP contribution in [0.15, 0.2) is 21.5 Å². The van der Waals surface area contributed by atoms with E-state index in [-0.39, 0.29) is 16.0 Å². The lowest BCUT2D eigenvalue weighted by atomic mass is 10.1. The minimum Gasteiger partial charge on any atom is -0.495 e. The molecule has 0 bridgehead atoms. The molecule has 8 heteroatoms. The Hall–Kier alpha value is -0.340. The van der Waals surface area contributed by atoms with E-state index in [9.17, 15) is 8.42 Å². The van der Waals surface area contributed by atoms with Gasteiger partial charge in [0.05, 0.1) is 17.0 Å². The average molecular weight is 384 g/mol. The predicted octanol–water partition coefficient (Wildman–Crippen LogP) is 2.14. The van der Waals surface area contributed by atoms with Crippen LogP contribution in [0.5, 0.6) is 5.75 Å². The number of ether oxygens (including phenoxy) is 1. The Morgan fingerprint density at radius 1 is 1.40 bits per heavy atom. The van der Waals surface area contributed by atoms with Crippen molar-refractivity contribution in [2.45, 2.75) is 23.8 Å². The molecule has 1 aromatic rings. The van der Waals surface area contributed by atoms with Crippen molar-refractivity contribution in [3.05, 3.63) is 21.6 Å². The highest BCUT2D eigenvalue weighted by Crippen LogP contribution is 2.33. The van der Waals surface area contributed by atoms with Gasteiger partial charge < -0.3 is 10.1 Å². The number of hydrogen-bond acceptors (Lipinski definition) is 4. The van der Waals surface area contributed by atoms with Gasteiger partial charge in [-0.2, -0.15) is 0 Å². The topological polar surface area (TPSA) is 67.4 Å². The van der Waals surface area contributed by atoms with Gasteiger partial charge in [0.25, 0.3) is 0 Å². The zero-order valence-electron chi connectivity index (χ0n) is 10.9. The molecule has 0 aromatic heterocycles. The van der Waals surface area contributed by atoms with Crippen LogP contribution in [0.1, 0.15) is 12.8 Å². The molecule has 0 saturated carbocycles. The van der Waals surface area contributed by atoms with E-state index in [0.29, 0.717) is 10.2 Å². The molecule has 2 N–H and O–H groups in total. The zero-order chi connectivity index (χ0) is 14.8. The Morgan fingerprint density at radius 3 is 2.65 bits per heavy atom. The molecule has 1 aromatic carbocycles. The standard InChI is InChI=1S/C12H16BrClN2O3S/c1-19-11-6-9(13)12(7-10(11)14)20(17,18)16-8-2-4-15-5-3-8/h6-8,15-16H,2-5H2,1H3. The smallest absolute Gasteiger partial charge is 0.241 e. The minimum atomic E-state index is -3.60. The number of nitrogens with one attached hydrogen (secondary N) is 2. The summed E-state index contributed by atoms with van der Waals surface area (Å²) in [5.74, 6) is 0.430. The first-order valence-electron chi connectivity index (χ1n) is 6.20. The minimum absolute atomic E-state index is 0.0472. The summed E-state index contributed by atoms with van der Waals surface area (Å²) in [6, 6.07) is 2.90. The van der Waals surface area contributed by atoms with Crippen molar-refractivity contribution in [1.29, 1.82) is 0 Å². The number of benzene rings is 1. The van der Waals surface area contributed by atoms with Gasteiger partial charge in [0, 0.05) is 10.5 Å². The van der Waals surface area contributed by atoms with Crippen molar-refractivity contribution in [3.8, 4) is 5.75 Å². The van der Waals surface area contributed by atoms with Crippen molar-refractivity contribution < 1.29 is 13.2 Å². The maximum absolute atomic E-state index is 12.4. The normalized spacial score (nSPS) is 17.1. The molecule has 1 heterocycles. The van der Waals surface area contributed by atoms with Crippen LogP contribution in [0.4, 0.5) is 0 Å². The molecule has 0 amide bonds. The molecular formula is C12H16BrClN2O3S. The van der Waals surface area contributed by atoms with Crippen molar-refractivity contribution in [1.82, 2.24) is 10.0 Å². The van der Waals surface area contributed by atoms with Gasteiger partial charge in [0.15, 0.2) is 0 Å². The Kier molecular flexibility index (Phi) is 5.30. The van der Waals surface area contributed by atoms with Crippen LogP contribution in [0.2, 0.25) is 5.02 Å². The fourth-order valence-electron chi connectivity index (χ4n) is 2.10. The summed E-state index contributed by atoms with van der Waals surface area (Å²) in [4.78, 5) is 0.127. The van der Waals surface area contributed by atoms with Crippen molar-refractivity contribution in [2.24, 2.45) is 0 Å². The quantitative estimate of drug-likeness (QED) is 0.836. The first-order chi connectivity index (χ1) is 9.44. The number of sulfonamides is 1. The highest BCUT2D eigenvalue weighted by molar-refractivity contribution is 9.10. The molecule has 1 fully saturated rings. The first kappa shape index (κ1) is 16.0. The van der Waals surface area contributed by atoms with E-state index in [1.54, 1.807) is 6.07 Å². The van der Waals surface area contributed by atoms with Gasteiger partial charge in [0.1, 0.15) is 5.75 Å². The molecule has 20 heavy (non-hydrogen) atoms. The predicted molar refractivity (Wildman–Crippen MR) is 81.9 cm³/mol. The highest BCUT2D eigenvalue weighted by atomic mass is 79.9. The van der Waals surface area contributed by atoms with Crippen molar-refractivity contribution in [2.75, 3.05) is 20.2 Å². The van der Waals surface area contributed by atoms with Gasteiger partial charge in [-0.05, 0) is 54.0 Å². The van der Waals surface area contributed by atoms with Crippen LogP contribution < -0.4 is 14.8 Å². The molecule has 0 radical (unpaired) electrons. The van der Waals surface area contributed by atoms with Crippen LogP contribution in [0, 0.1) is 0 Å². The molecule has 0 atom stereocenters. The fourth-order valence-corrected chi connectivity index (χ4v) is 4.75. The number of rotatable bonds is 4. The van der Waals surface area contributed by atoms with Crippen molar-refractivity contribution in [3.63, 3.8) is 0 Å². The third kappa shape index (κ3) is 3.65. The number of halogens is 2. The molecule has 2 rings (SSSR count). The van der Waals surface area contributed by atoms with E-state index in [1.807, 2.05) is 0 Å². The van der Waals surface area contributed by atoms with Crippen LogP contribution in [0.25, 0.3) is 0 Å². The van der Waals surface area contributed by atoms with Crippen molar-refractivity contribution >= 4 is 37.6 Å². The fraction of sp³-hybridized carbons (Fsp3) is 0.500. The second kappa shape index (κ2) is 6.62. The second-order valence-electron chi connectivity index (χ2n) is 4.56. The van der Waals surface area contributed by atoms with E-state index in [4.69, 9.17) is 16.3 Å². The van der Waals surface area contributed by atoms with E-state index in [0.717, 1.165) is 25.9 Å². The average Bonchev–Trinajstić information content (AvgIpc) is 2.41. The Morgan fingerprint density at radius 2 is 2.05 bits per heavy atom. The van der Waals surface area contributed by atoms with Crippen LogP contribution in [-0.4, -0.2) is 34.7 Å². The number of hydrogen-bond donors (Lipinski definition) is 2. The van der Waals surface area contributed by atoms with Crippen LogP contribution >= 0.6 is 27.5 Å². The molecule has 112 valence electrons. The summed E-state index contributed by atoms with van der Waals surface area (Å²) in [5.41, 5.74) is 0.